The van der Waals surface area contributed by atoms with E-state index >= 15 is 0 Å². The van der Waals surface area contributed by atoms with Crippen molar-refractivity contribution in [3.63, 3.8) is 0 Å². The SMILES string of the molecule is CS(=O)(=O)c1ncncc1C(F)(F)F. The van der Waals surface area contributed by atoms with Crippen molar-refractivity contribution < 1.29 is 21.6 Å². The third-order valence-corrected chi connectivity index (χ3v) is 2.36. The number of hydrogen-bond donors (Lipinski definition) is 0. The molecule has 1 heterocycles. The highest BCUT2D eigenvalue weighted by Gasteiger charge is 2.37. The summed E-state index contributed by atoms with van der Waals surface area (Å²) < 4.78 is 58.5. The molecule has 1 aromatic rings. The van der Waals surface area contributed by atoms with Gasteiger partial charge in [-0.05, 0) is 0 Å². The van der Waals surface area contributed by atoms with Crippen LogP contribution in [-0.4, -0.2) is 24.6 Å². The Balaban J connectivity index is 3.47. The number of nitrogens with zero attached hydrogens (tertiary/aromatic N) is 2. The molecule has 14 heavy (non-hydrogen) atoms. The number of alkyl halides is 3. The first kappa shape index (κ1) is 10.9. The maximum Gasteiger partial charge on any atom is 0.420 e. The van der Waals surface area contributed by atoms with Crippen LogP contribution in [0.2, 0.25) is 0 Å². The normalized spacial score (nSPS) is 12.9. The Labute approximate surface area is 77.7 Å². The first-order chi connectivity index (χ1) is 6.23. The summed E-state index contributed by atoms with van der Waals surface area (Å²) in [5, 5.41) is -1.000. The fourth-order valence-corrected chi connectivity index (χ4v) is 1.61. The molecule has 0 amide bonds. The first-order valence-corrected chi connectivity index (χ1v) is 5.19. The van der Waals surface area contributed by atoms with E-state index in [1.54, 1.807) is 0 Å². The quantitative estimate of drug-likeness (QED) is 0.667. The second kappa shape index (κ2) is 3.19. The van der Waals surface area contributed by atoms with Gasteiger partial charge < -0.3 is 0 Å². The molecule has 78 valence electrons. The molecule has 0 aromatic carbocycles. The second-order valence-corrected chi connectivity index (χ2v) is 4.44. The maximum absolute atomic E-state index is 12.2. The molecule has 0 N–H and O–H groups in total. The Morgan fingerprint density at radius 3 is 2.29 bits per heavy atom. The highest BCUT2D eigenvalue weighted by molar-refractivity contribution is 7.90. The van der Waals surface area contributed by atoms with E-state index in [1.807, 2.05) is 0 Å². The smallest absolute Gasteiger partial charge is 0.244 e. The number of sulfone groups is 1. The van der Waals surface area contributed by atoms with Crippen molar-refractivity contribution in [2.24, 2.45) is 0 Å². The summed E-state index contributed by atoms with van der Waals surface area (Å²) in [5.74, 6) is 0. The average Bonchev–Trinajstić information content (AvgIpc) is 2.01. The lowest BCUT2D eigenvalue weighted by Crippen LogP contribution is -2.14. The Morgan fingerprint density at radius 1 is 1.36 bits per heavy atom. The number of rotatable bonds is 1. The van der Waals surface area contributed by atoms with Crippen LogP contribution in [0.4, 0.5) is 13.2 Å². The van der Waals surface area contributed by atoms with Crippen molar-refractivity contribution in [2.75, 3.05) is 6.26 Å². The fraction of sp³-hybridized carbons (Fsp3) is 0.333. The summed E-state index contributed by atoms with van der Waals surface area (Å²) in [6.45, 7) is 0. The van der Waals surface area contributed by atoms with Crippen LogP contribution in [0.15, 0.2) is 17.6 Å². The summed E-state index contributed by atoms with van der Waals surface area (Å²) >= 11 is 0. The second-order valence-electron chi connectivity index (χ2n) is 2.51. The molecule has 1 rings (SSSR count). The Bertz CT molecular complexity index is 441. The molecule has 0 saturated heterocycles. The van der Waals surface area contributed by atoms with Crippen LogP contribution in [0.1, 0.15) is 5.56 Å². The molecule has 0 atom stereocenters. The zero-order chi connectivity index (χ0) is 11.0. The van der Waals surface area contributed by atoms with Crippen molar-refractivity contribution in [3.05, 3.63) is 18.1 Å². The molecule has 1 aromatic heterocycles. The zero-order valence-electron chi connectivity index (χ0n) is 6.91. The van der Waals surface area contributed by atoms with Crippen LogP contribution in [0.5, 0.6) is 0 Å². The molecule has 0 aliphatic rings. The van der Waals surface area contributed by atoms with E-state index in [0.29, 0.717) is 12.5 Å². The van der Waals surface area contributed by atoms with Gasteiger partial charge in [0.2, 0.25) is 0 Å². The lowest BCUT2D eigenvalue weighted by atomic mass is 10.3. The van der Waals surface area contributed by atoms with E-state index in [2.05, 4.69) is 9.97 Å². The van der Waals surface area contributed by atoms with Gasteiger partial charge in [0, 0.05) is 12.5 Å². The van der Waals surface area contributed by atoms with Crippen molar-refractivity contribution in [3.8, 4) is 0 Å². The van der Waals surface area contributed by atoms with Gasteiger partial charge in [-0.25, -0.2) is 18.4 Å². The molecular formula is C6H5F3N2O2S. The van der Waals surface area contributed by atoms with E-state index in [1.165, 1.54) is 0 Å². The van der Waals surface area contributed by atoms with Crippen LogP contribution in [0.3, 0.4) is 0 Å². The van der Waals surface area contributed by atoms with E-state index in [-0.39, 0.29) is 0 Å². The summed E-state index contributed by atoms with van der Waals surface area (Å²) in [6, 6.07) is 0. The van der Waals surface area contributed by atoms with Crippen molar-refractivity contribution in [1.82, 2.24) is 9.97 Å². The van der Waals surface area contributed by atoms with Gasteiger partial charge in [0.15, 0.2) is 14.9 Å². The van der Waals surface area contributed by atoms with Crippen molar-refractivity contribution in [1.29, 1.82) is 0 Å². The summed E-state index contributed by atoms with van der Waals surface area (Å²) in [6.07, 6.45) is -2.92. The average molecular weight is 226 g/mol. The van der Waals surface area contributed by atoms with Crippen LogP contribution < -0.4 is 0 Å². The van der Waals surface area contributed by atoms with Gasteiger partial charge in [-0.2, -0.15) is 13.2 Å². The number of halogens is 3. The predicted octanol–water partition coefficient (Wildman–Crippen LogP) is 0.899. The molecule has 0 unspecified atom stereocenters. The van der Waals surface area contributed by atoms with E-state index in [0.717, 1.165) is 6.33 Å². The van der Waals surface area contributed by atoms with Gasteiger partial charge in [-0.15, -0.1) is 0 Å². The van der Waals surface area contributed by atoms with Gasteiger partial charge in [0.25, 0.3) is 0 Å². The van der Waals surface area contributed by atoms with Gasteiger partial charge >= 0.3 is 6.18 Å². The topological polar surface area (TPSA) is 59.9 Å². The molecule has 0 radical (unpaired) electrons. The predicted molar refractivity (Wildman–Crippen MR) is 40.1 cm³/mol. The largest absolute Gasteiger partial charge is 0.420 e. The molecule has 0 aliphatic carbocycles. The summed E-state index contributed by atoms with van der Waals surface area (Å²) in [4.78, 5) is 6.23. The van der Waals surface area contributed by atoms with Crippen LogP contribution in [-0.2, 0) is 16.0 Å². The third kappa shape index (κ3) is 2.19. The standard InChI is InChI=1S/C6H5F3N2O2S/c1-14(12,13)5-4(6(7,8)9)2-10-3-11-5/h2-3H,1H3. The molecule has 4 nitrogen and oxygen atoms in total. The van der Waals surface area contributed by atoms with Gasteiger partial charge in [-0.3, -0.25) is 0 Å². The number of aromatic nitrogens is 2. The highest BCUT2D eigenvalue weighted by atomic mass is 32.2. The molecule has 0 fully saturated rings. The minimum absolute atomic E-state index is 0.434. The first-order valence-electron chi connectivity index (χ1n) is 3.30. The van der Waals surface area contributed by atoms with Crippen LogP contribution in [0.25, 0.3) is 0 Å². The molecule has 0 aliphatic heterocycles. The van der Waals surface area contributed by atoms with Crippen LogP contribution >= 0.6 is 0 Å². The molecule has 0 spiro atoms. The van der Waals surface area contributed by atoms with Crippen molar-refractivity contribution in [2.45, 2.75) is 11.2 Å². The van der Waals surface area contributed by atoms with Crippen molar-refractivity contribution >= 4 is 9.84 Å². The Hall–Kier alpha value is -1.18. The minimum atomic E-state index is -4.76. The molecular weight excluding hydrogens is 221 g/mol. The zero-order valence-corrected chi connectivity index (χ0v) is 7.72. The van der Waals surface area contributed by atoms with Gasteiger partial charge in [-0.1, -0.05) is 0 Å². The fourth-order valence-electron chi connectivity index (χ4n) is 0.808. The minimum Gasteiger partial charge on any atom is -0.244 e. The van der Waals surface area contributed by atoms with E-state index in [9.17, 15) is 21.6 Å². The lowest BCUT2D eigenvalue weighted by molar-refractivity contribution is -0.140. The summed E-state index contributed by atoms with van der Waals surface area (Å²) in [7, 11) is -3.99. The van der Waals surface area contributed by atoms with Gasteiger partial charge in [0.05, 0.1) is 0 Å². The Morgan fingerprint density at radius 2 is 1.93 bits per heavy atom. The summed E-state index contributed by atoms with van der Waals surface area (Å²) in [5.41, 5.74) is -1.34. The monoisotopic (exact) mass is 226 g/mol. The Kier molecular flexibility index (Phi) is 2.49. The number of hydrogen-bond acceptors (Lipinski definition) is 4. The van der Waals surface area contributed by atoms with E-state index in [4.69, 9.17) is 0 Å². The maximum atomic E-state index is 12.2. The molecule has 0 bridgehead atoms. The molecule has 0 saturated carbocycles. The van der Waals surface area contributed by atoms with Gasteiger partial charge in [0.1, 0.15) is 11.9 Å². The van der Waals surface area contributed by atoms with E-state index < -0.39 is 26.6 Å². The third-order valence-electron chi connectivity index (χ3n) is 1.33. The lowest BCUT2D eigenvalue weighted by Gasteiger charge is -2.08. The highest BCUT2D eigenvalue weighted by Crippen LogP contribution is 2.32. The van der Waals surface area contributed by atoms with Crippen LogP contribution in [0, 0.1) is 0 Å². The molecule has 8 heteroatoms.